The topological polar surface area (TPSA) is 82.7 Å². The van der Waals surface area contributed by atoms with Gasteiger partial charge in [-0.2, -0.15) is 0 Å². The molecule has 0 radical (unpaired) electrons. The molecule has 0 unspecified atom stereocenters. The third-order valence-electron chi connectivity index (χ3n) is 4.64. The molecule has 130 valence electrons. The van der Waals surface area contributed by atoms with Crippen LogP contribution in [0.4, 0.5) is 0 Å². The van der Waals surface area contributed by atoms with Gasteiger partial charge in [0.2, 0.25) is 0 Å². The second-order valence-electron chi connectivity index (χ2n) is 6.44. The van der Waals surface area contributed by atoms with Crippen molar-refractivity contribution in [3.63, 3.8) is 0 Å². The van der Waals surface area contributed by atoms with Gasteiger partial charge in [0.05, 0.1) is 12.3 Å². The zero-order valence-corrected chi connectivity index (χ0v) is 14.6. The molecule has 1 fully saturated rings. The molecule has 0 saturated heterocycles. The Morgan fingerprint density at radius 3 is 2.65 bits per heavy atom. The summed E-state index contributed by atoms with van der Waals surface area (Å²) in [5, 5.41) is 20.1. The smallest absolute Gasteiger partial charge is 0.191 e. The van der Waals surface area contributed by atoms with E-state index in [2.05, 4.69) is 34.6 Å². The lowest BCUT2D eigenvalue weighted by Crippen LogP contribution is -2.41. The van der Waals surface area contributed by atoms with E-state index in [9.17, 15) is 5.11 Å². The van der Waals surface area contributed by atoms with Crippen molar-refractivity contribution >= 4 is 5.96 Å². The first-order valence-corrected chi connectivity index (χ1v) is 8.75. The van der Waals surface area contributed by atoms with Crippen LogP contribution in [0.25, 0.3) is 0 Å². The fraction of sp³-hybridized carbons (Fsp3) is 0.765. The van der Waals surface area contributed by atoms with E-state index in [0.29, 0.717) is 12.5 Å². The summed E-state index contributed by atoms with van der Waals surface area (Å²) in [6, 6.07) is 2.01. The van der Waals surface area contributed by atoms with Crippen molar-refractivity contribution in [1.82, 2.24) is 15.8 Å². The number of aromatic nitrogens is 1. The maximum atomic E-state index is 9.39. The standard InChI is InChI=1S/C17H30N4O2/c1-4-13(5-2)15-9-14(23-21-15)10-19-16(18-6-3)20-11-17(12-22)7-8-17/h9,13,22H,4-8,10-12H2,1-3H3,(H2,18,19,20). The molecule has 0 bridgehead atoms. The Hall–Kier alpha value is -1.56. The van der Waals surface area contributed by atoms with Crippen molar-refractivity contribution in [2.24, 2.45) is 10.4 Å². The van der Waals surface area contributed by atoms with Gasteiger partial charge in [-0.1, -0.05) is 19.0 Å². The van der Waals surface area contributed by atoms with E-state index in [1.54, 1.807) is 0 Å². The highest BCUT2D eigenvalue weighted by Crippen LogP contribution is 2.44. The first-order chi connectivity index (χ1) is 11.2. The number of guanidine groups is 1. The summed E-state index contributed by atoms with van der Waals surface area (Å²) in [5.74, 6) is 2.00. The highest BCUT2D eigenvalue weighted by Gasteiger charge is 2.41. The Kier molecular flexibility index (Phi) is 6.45. The van der Waals surface area contributed by atoms with Gasteiger partial charge >= 0.3 is 0 Å². The molecule has 2 rings (SSSR count). The molecular formula is C17H30N4O2. The van der Waals surface area contributed by atoms with Gasteiger partial charge in [-0.3, -0.25) is 0 Å². The molecule has 6 nitrogen and oxygen atoms in total. The number of hydrogen-bond acceptors (Lipinski definition) is 4. The Morgan fingerprint density at radius 1 is 1.35 bits per heavy atom. The van der Waals surface area contributed by atoms with Crippen LogP contribution >= 0.6 is 0 Å². The Balaban J connectivity index is 1.91. The van der Waals surface area contributed by atoms with Crippen LogP contribution in [-0.4, -0.2) is 35.9 Å². The lowest BCUT2D eigenvalue weighted by Gasteiger charge is -2.16. The van der Waals surface area contributed by atoms with Crippen molar-refractivity contribution in [2.75, 3.05) is 19.7 Å². The first kappa shape index (κ1) is 17.8. The normalized spacial score (nSPS) is 16.7. The predicted octanol–water partition coefficient (Wildman–Crippen LogP) is 2.41. The molecule has 3 N–H and O–H groups in total. The summed E-state index contributed by atoms with van der Waals surface area (Å²) in [5.41, 5.74) is 1.08. The summed E-state index contributed by atoms with van der Waals surface area (Å²) in [7, 11) is 0. The highest BCUT2D eigenvalue weighted by atomic mass is 16.5. The lowest BCUT2D eigenvalue weighted by molar-refractivity contribution is 0.212. The zero-order valence-electron chi connectivity index (χ0n) is 14.6. The Labute approximate surface area is 138 Å². The molecule has 0 aliphatic heterocycles. The molecule has 1 aliphatic rings. The fourth-order valence-corrected chi connectivity index (χ4v) is 2.64. The van der Waals surface area contributed by atoms with Gasteiger partial charge in [0.15, 0.2) is 11.7 Å². The minimum atomic E-state index is 0.0606. The average molecular weight is 322 g/mol. The van der Waals surface area contributed by atoms with E-state index in [4.69, 9.17) is 4.52 Å². The molecule has 0 aromatic carbocycles. The summed E-state index contributed by atoms with van der Waals surface area (Å²) in [6.07, 6.45) is 4.30. The predicted molar refractivity (Wildman–Crippen MR) is 91.4 cm³/mol. The molecular weight excluding hydrogens is 292 g/mol. The summed E-state index contributed by atoms with van der Waals surface area (Å²) in [6.45, 7) is 8.63. The van der Waals surface area contributed by atoms with Crippen LogP contribution in [0.5, 0.6) is 0 Å². The van der Waals surface area contributed by atoms with Crippen LogP contribution in [0.3, 0.4) is 0 Å². The second kappa shape index (κ2) is 8.34. The van der Waals surface area contributed by atoms with E-state index in [-0.39, 0.29) is 12.0 Å². The lowest BCUT2D eigenvalue weighted by atomic mass is 9.99. The molecule has 23 heavy (non-hydrogen) atoms. The van der Waals surface area contributed by atoms with Gasteiger partial charge in [0, 0.05) is 30.5 Å². The number of hydrogen-bond donors (Lipinski definition) is 3. The Bertz CT molecular complexity index is 504. The second-order valence-corrected chi connectivity index (χ2v) is 6.44. The van der Waals surface area contributed by atoms with Crippen molar-refractivity contribution < 1.29 is 9.63 Å². The van der Waals surface area contributed by atoms with Gasteiger partial charge in [-0.05, 0) is 32.6 Å². The van der Waals surface area contributed by atoms with Gasteiger partial charge in [-0.25, -0.2) is 4.99 Å². The van der Waals surface area contributed by atoms with Crippen LogP contribution in [0.15, 0.2) is 15.6 Å². The van der Waals surface area contributed by atoms with E-state index in [1.807, 2.05) is 13.0 Å². The minimum absolute atomic E-state index is 0.0606. The van der Waals surface area contributed by atoms with Crippen LogP contribution in [0, 0.1) is 5.41 Å². The third-order valence-corrected chi connectivity index (χ3v) is 4.64. The molecule has 6 heteroatoms. The van der Waals surface area contributed by atoms with E-state index >= 15 is 0 Å². The van der Waals surface area contributed by atoms with Gasteiger partial charge < -0.3 is 20.3 Å². The van der Waals surface area contributed by atoms with Crippen LogP contribution in [-0.2, 0) is 6.54 Å². The molecule has 1 aromatic rings. The minimum Gasteiger partial charge on any atom is -0.396 e. The van der Waals surface area contributed by atoms with Gasteiger partial charge in [-0.15, -0.1) is 0 Å². The molecule has 0 amide bonds. The van der Waals surface area contributed by atoms with Crippen molar-refractivity contribution in [3.8, 4) is 0 Å². The number of aliphatic imine (C=N–C) groups is 1. The number of nitrogens with one attached hydrogen (secondary N) is 2. The summed E-state index contributed by atoms with van der Waals surface area (Å²) in [4.78, 5) is 4.55. The first-order valence-electron chi connectivity index (χ1n) is 8.75. The molecule has 0 atom stereocenters. The SMILES string of the molecule is CCNC(=NCc1cc(C(CC)CC)no1)NCC1(CO)CC1. The zero-order chi connectivity index (χ0) is 16.7. The van der Waals surface area contributed by atoms with Crippen molar-refractivity contribution in [3.05, 3.63) is 17.5 Å². The third kappa shape index (κ3) is 4.96. The van der Waals surface area contributed by atoms with E-state index < -0.39 is 0 Å². The number of aliphatic hydroxyl groups excluding tert-OH is 1. The van der Waals surface area contributed by atoms with Gasteiger partial charge in [0.25, 0.3) is 0 Å². The van der Waals surface area contributed by atoms with Crippen LogP contribution < -0.4 is 10.6 Å². The monoisotopic (exact) mass is 322 g/mol. The molecule has 0 spiro atoms. The van der Waals surface area contributed by atoms with Crippen molar-refractivity contribution in [2.45, 2.75) is 58.9 Å². The summed E-state index contributed by atoms with van der Waals surface area (Å²) < 4.78 is 5.40. The van der Waals surface area contributed by atoms with Crippen molar-refractivity contribution in [1.29, 1.82) is 0 Å². The molecule has 1 saturated carbocycles. The Morgan fingerprint density at radius 2 is 2.09 bits per heavy atom. The quantitative estimate of drug-likeness (QED) is 0.480. The van der Waals surface area contributed by atoms with Crippen LogP contribution in [0.1, 0.15) is 63.8 Å². The average Bonchev–Trinajstić information content (AvgIpc) is 3.21. The van der Waals surface area contributed by atoms with Gasteiger partial charge in [0.1, 0.15) is 6.54 Å². The number of aliphatic hydroxyl groups is 1. The van der Waals surface area contributed by atoms with Crippen LogP contribution in [0.2, 0.25) is 0 Å². The van der Waals surface area contributed by atoms with E-state index in [0.717, 1.165) is 56.2 Å². The molecule has 1 aromatic heterocycles. The van der Waals surface area contributed by atoms with E-state index in [1.165, 1.54) is 0 Å². The summed E-state index contributed by atoms with van der Waals surface area (Å²) >= 11 is 0. The maximum Gasteiger partial charge on any atom is 0.191 e. The largest absolute Gasteiger partial charge is 0.396 e. The fourth-order valence-electron chi connectivity index (χ4n) is 2.64. The number of nitrogens with zero attached hydrogens (tertiary/aromatic N) is 2. The molecule has 1 aliphatic carbocycles. The molecule has 1 heterocycles. The highest BCUT2D eigenvalue weighted by molar-refractivity contribution is 5.79. The maximum absolute atomic E-state index is 9.39. The number of rotatable bonds is 9.